The largest absolute Gasteiger partial charge is 0.427 e. The first kappa shape index (κ1) is 32.4. The van der Waals surface area contributed by atoms with Crippen molar-refractivity contribution in [2.45, 2.75) is 31.4 Å². The summed E-state index contributed by atoms with van der Waals surface area (Å²) < 4.78 is 93.1. The quantitative estimate of drug-likeness (QED) is 0.256. The van der Waals surface area contributed by atoms with Crippen LogP contribution in [0.2, 0.25) is 5.02 Å². The van der Waals surface area contributed by atoms with Crippen LogP contribution in [0.1, 0.15) is 49.4 Å². The molecule has 3 aromatic carbocycles. The fourth-order valence-corrected chi connectivity index (χ4v) is 4.75. The molecule has 3 aromatic rings. The zero-order chi connectivity index (χ0) is 31.6. The third-order valence-corrected chi connectivity index (χ3v) is 6.81. The number of aryl methyl sites for hydroxylation is 1. The highest BCUT2D eigenvalue weighted by Gasteiger charge is 2.62. The predicted octanol–water partition coefficient (Wildman–Crippen LogP) is 8.34. The summed E-state index contributed by atoms with van der Waals surface area (Å²) in [5.74, 6) is -1.61. The van der Waals surface area contributed by atoms with E-state index in [2.05, 4.69) is 26.6 Å². The van der Waals surface area contributed by atoms with Gasteiger partial charge in [-0.2, -0.15) is 36.9 Å². The van der Waals surface area contributed by atoms with Gasteiger partial charge in [0.2, 0.25) is 5.67 Å². The minimum absolute atomic E-state index is 0.0362. The minimum atomic E-state index is -5.95. The summed E-state index contributed by atoms with van der Waals surface area (Å²) in [4.78, 5) is 25.8. The number of hydrogen-bond acceptors (Lipinski definition) is 4. The van der Waals surface area contributed by atoms with Crippen molar-refractivity contribution in [2.24, 2.45) is 0 Å². The molecule has 1 unspecified atom stereocenters. The highest BCUT2D eigenvalue weighted by molar-refractivity contribution is 9.10. The van der Waals surface area contributed by atoms with Gasteiger partial charge in [-0.25, -0.2) is 4.39 Å². The van der Waals surface area contributed by atoms with E-state index in [1.165, 1.54) is 30.3 Å². The van der Waals surface area contributed by atoms with Crippen LogP contribution in [0, 0.1) is 29.6 Å². The number of nitrogens with zero attached hydrogens (tertiary/aromatic N) is 2. The van der Waals surface area contributed by atoms with E-state index in [9.17, 15) is 45.6 Å². The Labute approximate surface area is 246 Å². The molecule has 0 heterocycles. The summed E-state index contributed by atoms with van der Waals surface area (Å²) in [5, 5.41) is 22.5. The van der Waals surface area contributed by atoms with Crippen LogP contribution in [0.4, 0.5) is 42.1 Å². The molecule has 0 aromatic heterocycles. The molecule has 0 saturated carbocycles. The van der Waals surface area contributed by atoms with Crippen LogP contribution >= 0.6 is 27.5 Å². The summed E-state index contributed by atoms with van der Waals surface area (Å²) in [6, 6.07) is 12.3. The normalized spacial score (nSPS) is 13.0. The van der Waals surface area contributed by atoms with Crippen molar-refractivity contribution < 1.29 is 40.3 Å². The lowest BCUT2D eigenvalue weighted by Crippen LogP contribution is -2.42. The van der Waals surface area contributed by atoms with Gasteiger partial charge in [0.1, 0.15) is 6.07 Å². The molecule has 0 fully saturated rings. The summed E-state index contributed by atoms with van der Waals surface area (Å²) in [6.07, 6.45) is -14.3. The first-order valence-corrected chi connectivity index (χ1v) is 12.6. The number of halogens is 9. The average Bonchev–Trinajstić information content (AvgIpc) is 2.88. The molecule has 0 spiro atoms. The topological polar surface area (TPSA) is 106 Å². The second-order valence-electron chi connectivity index (χ2n) is 8.83. The van der Waals surface area contributed by atoms with Crippen molar-refractivity contribution in [3.8, 4) is 12.1 Å². The minimum Gasteiger partial charge on any atom is -0.321 e. The molecule has 3 rings (SSSR count). The van der Waals surface area contributed by atoms with Crippen molar-refractivity contribution in [3.05, 3.63) is 91.4 Å². The van der Waals surface area contributed by atoms with Crippen LogP contribution in [0.3, 0.4) is 0 Å². The van der Waals surface area contributed by atoms with Crippen molar-refractivity contribution in [3.63, 3.8) is 0 Å². The van der Waals surface area contributed by atoms with Crippen molar-refractivity contribution in [2.75, 3.05) is 10.6 Å². The van der Waals surface area contributed by atoms with Gasteiger partial charge >= 0.3 is 12.4 Å². The summed E-state index contributed by atoms with van der Waals surface area (Å²) >= 11 is 8.78. The van der Waals surface area contributed by atoms with E-state index in [-0.39, 0.29) is 28.1 Å². The van der Waals surface area contributed by atoms with Crippen LogP contribution in [0.5, 0.6) is 0 Å². The van der Waals surface area contributed by atoms with Crippen LogP contribution in [-0.2, 0) is 5.67 Å². The Morgan fingerprint density at radius 2 is 1.57 bits per heavy atom. The lowest BCUT2D eigenvalue weighted by atomic mass is 9.91. The standard InChI is InChI=1S/C27H15BrClF7N4O2/c1-13-6-14(10-37)2-5-18(13)24(42)39-21-7-15(3-4-16(21)11-38)23(41)40-22-19(28)8-17(9-20(22)29)25(30,27(34,35)36)12-26(31,32)33/h2-9H,12H2,1H3,(H,39,42)(H,40,41). The fraction of sp³-hybridized carbons (Fsp3) is 0.185. The van der Waals surface area contributed by atoms with E-state index < -0.39 is 51.3 Å². The maximum absolute atomic E-state index is 14.9. The van der Waals surface area contributed by atoms with Crippen molar-refractivity contribution in [1.82, 2.24) is 0 Å². The van der Waals surface area contributed by atoms with Crippen LogP contribution < -0.4 is 10.6 Å². The van der Waals surface area contributed by atoms with Gasteiger partial charge in [0.05, 0.1) is 40.0 Å². The van der Waals surface area contributed by atoms with Gasteiger partial charge in [-0.3, -0.25) is 9.59 Å². The lowest BCUT2D eigenvalue weighted by Gasteiger charge is -2.30. The lowest BCUT2D eigenvalue weighted by molar-refractivity contribution is -0.273. The molecule has 1 atom stereocenters. The van der Waals surface area contributed by atoms with Gasteiger partial charge < -0.3 is 10.6 Å². The van der Waals surface area contributed by atoms with Gasteiger partial charge in [-0.1, -0.05) is 11.6 Å². The number of carbonyl (C=O) groups excluding carboxylic acids is 2. The molecule has 0 aliphatic rings. The predicted molar refractivity (Wildman–Crippen MR) is 142 cm³/mol. The molecule has 15 heteroatoms. The number of hydrogen-bond donors (Lipinski definition) is 2. The molecule has 0 aliphatic carbocycles. The molecule has 2 N–H and O–H groups in total. The van der Waals surface area contributed by atoms with E-state index in [0.29, 0.717) is 23.3 Å². The molecule has 6 nitrogen and oxygen atoms in total. The molecule has 42 heavy (non-hydrogen) atoms. The number of benzene rings is 3. The number of alkyl halides is 7. The van der Waals surface area contributed by atoms with Crippen molar-refractivity contribution >= 4 is 50.7 Å². The van der Waals surface area contributed by atoms with Gasteiger partial charge in [-0.15, -0.1) is 0 Å². The molecular weight excluding hydrogens is 661 g/mol. The second-order valence-corrected chi connectivity index (χ2v) is 10.1. The molecule has 218 valence electrons. The number of anilines is 2. The second kappa shape index (κ2) is 12.0. The molecule has 0 bridgehead atoms. The Morgan fingerprint density at radius 1 is 0.905 bits per heavy atom. The first-order chi connectivity index (χ1) is 19.4. The summed E-state index contributed by atoms with van der Waals surface area (Å²) in [5.41, 5.74) is -5.99. The van der Waals surface area contributed by atoms with Crippen molar-refractivity contribution in [1.29, 1.82) is 10.5 Å². The zero-order valence-electron chi connectivity index (χ0n) is 20.9. The van der Waals surface area contributed by atoms with Gasteiger partial charge in [-0.05, 0) is 76.9 Å². The SMILES string of the molecule is Cc1cc(C#N)ccc1C(=O)Nc1cc(C(=O)Nc2c(Cl)cc(C(F)(CC(F)(F)F)C(F)(F)F)cc2Br)ccc1C#N. The van der Waals surface area contributed by atoms with E-state index in [4.69, 9.17) is 16.9 Å². The van der Waals surface area contributed by atoms with E-state index in [1.54, 1.807) is 6.92 Å². The van der Waals surface area contributed by atoms with Gasteiger partial charge in [0.25, 0.3) is 11.8 Å². The third-order valence-electron chi connectivity index (χ3n) is 5.88. The van der Waals surface area contributed by atoms with Crippen LogP contribution in [0.15, 0.2) is 53.0 Å². The maximum atomic E-state index is 14.9. The van der Waals surface area contributed by atoms with Gasteiger partial charge in [0, 0.05) is 21.2 Å². The number of rotatable bonds is 6. The Hall–Kier alpha value is -4.14. The summed E-state index contributed by atoms with van der Waals surface area (Å²) in [6.45, 7) is 1.59. The Balaban J connectivity index is 1.93. The fourth-order valence-electron chi connectivity index (χ4n) is 3.81. The molecule has 0 saturated heterocycles. The molecule has 0 radical (unpaired) electrons. The Kier molecular flexibility index (Phi) is 9.25. The van der Waals surface area contributed by atoms with Gasteiger partial charge in [0.15, 0.2) is 0 Å². The van der Waals surface area contributed by atoms with Crippen LogP contribution in [0.25, 0.3) is 0 Å². The van der Waals surface area contributed by atoms with E-state index in [1.807, 2.05) is 12.1 Å². The first-order valence-electron chi connectivity index (χ1n) is 11.4. The number of carbonyl (C=O) groups is 2. The molecular formula is C27H15BrClF7N4O2. The Morgan fingerprint density at radius 3 is 2.10 bits per heavy atom. The number of nitrogens with one attached hydrogen (secondary N) is 2. The highest BCUT2D eigenvalue weighted by atomic mass is 79.9. The highest BCUT2D eigenvalue weighted by Crippen LogP contribution is 2.51. The molecule has 0 aliphatic heterocycles. The summed E-state index contributed by atoms with van der Waals surface area (Å²) in [7, 11) is 0. The maximum Gasteiger partial charge on any atom is 0.427 e. The monoisotopic (exact) mass is 674 g/mol. The average molecular weight is 676 g/mol. The zero-order valence-corrected chi connectivity index (χ0v) is 23.3. The third kappa shape index (κ3) is 7.01. The van der Waals surface area contributed by atoms with E-state index >= 15 is 0 Å². The van der Waals surface area contributed by atoms with Crippen LogP contribution in [-0.4, -0.2) is 24.2 Å². The Bertz CT molecular complexity index is 1640. The smallest absolute Gasteiger partial charge is 0.321 e. The molecule has 2 amide bonds. The number of amides is 2. The number of nitriles is 2. The van der Waals surface area contributed by atoms with E-state index in [0.717, 1.165) is 6.07 Å².